The molecule has 5 aromatic rings. The van der Waals surface area contributed by atoms with Crippen molar-refractivity contribution in [2.45, 2.75) is 57.5 Å². The molecule has 5 fully saturated rings. The summed E-state index contributed by atoms with van der Waals surface area (Å²) in [4.78, 5) is 62.7. The molecule has 17 heteroatoms. The fourth-order valence-corrected chi connectivity index (χ4v) is 11.1. The second-order valence-electron chi connectivity index (χ2n) is 19.7. The Labute approximate surface area is 398 Å². The van der Waals surface area contributed by atoms with Crippen LogP contribution in [0, 0.1) is 35.3 Å². The number of benzene rings is 3. The number of hydrogen-bond donors (Lipinski definition) is 2. The topological polar surface area (TPSA) is 157 Å². The molecule has 1 atom stereocenters. The highest BCUT2D eigenvalue weighted by Crippen LogP contribution is 2.47. The molecule has 1 saturated carbocycles. The van der Waals surface area contributed by atoms with Crippen LogP contribution in [0.1, 0.15) is 66.4 Å². The SMILES string of the molecule is C#Cc1c(F)ccc2cc(O)cc(-c3ncc4c(N5CCCOCC5)nc(OCC5(CN6CCN(CC7CCN(c8ccc9c(c8)CN(C8CCC(=O)NC8=O)C9=O)CC7)CC6)CC5)nc4c3F)c12. The first-order valence-electron chi connectivity index (χ1n) is 24.2. The lowest BCUT2D eigenvalue weighted by atomic mass is 9.95. The summed E-state index contributed by atoms with van der Waals surface area (Å²) in [5.74, 6) is 1.14. The second-order valence-corrected chi connectivity index (χ2v) is 19.7. The second kappa shape index (κ2) is 18.4. The summed E-state index contributed by atoms with van der Waals surface area (Å²) in [5.41, 5.74) is 2.60. The number of piperazine rings is 1. The van der Waals surface area contributed by atoms with Gasteiger partial charge in [-0.1, -0.05) is 12.0 Å². The molecule has 358 valence electrons. The Morgan fingerprint density at radius 2 is 1.71 bits per heavy atom. The molecule has 11 rings (SSSR count). The Bertz CT molecular complexity index is 2900. The number of hydrogen-bond acceptors (Lipinski definition) is 13. The fourth-order valence-electron chi connectivity index (χ4n) is 11.1. The van der Waals surface area contributed by atoms with Crippen LogP contribution in [0.3, 0.4) is 0 Å². The van der Waals surface area contributed by atoms with Crippen LogP contribution in [-0.2, 0) is 20.9 Å². The van der Waals surface area contributed by atoms with Crippen LogP contribution in [-0.4, -0.2) is 144 Å². The van der Waals surface area contributed by atoms with Gasteiger partial charge in [0.1, 0.15) is 34.6 Å². The summed E-state index contributed by atoms with van der Waals surface area (Å²) >= 11 is 0. The van der Waals surface area contributed by atoms with E-state index in [1.165, 1.54) is 30.5 Å². The van der Waals surface area contributed by atoms with Crippen molar-refractivity contribution in [3.8, 4) is 35.4 Å². The Morgan fingerprint density at radius 1 is 0.899 bits per heavy atom. The van der Waals surface area contributed by atoms with Crippen LogP contribution in [0.2, 0.25) is 0 Å². The van der Waals surface area contributed by atoms with Crippen molar-refractivity contribution < 1.29 is 37.7 Å². The van der Waals surface area contributed by atoms with Gasteiger partial charge in [-0.25, -0.2) is 8.78 Å². The first-order valence-corrected chi connectivity index (χ1v) is 24.2. The Hall–Kier alpha value is -6.48. The predicted octanol–water partition coefficient (Wildman–Crippen LogP) is 5.49. The molecular weight excluding hydrogens is 885 g/mol. The number of amides is 3. The van der Waals surface area contributed by atoms with E-state index < -0.39 is 23.6 Å². The van der Waals surface area contributed by atoms with Crippen molar-refractivity contribution in [1.82, 2.24) is 35.0 Å². The van der Waals surface area contributed by atoms with Crippen molar-refractivity contribution in [2.75, 3.05) is 95.1 Å². The number of nitrogens with zero attached hydrogens (tertiary/aromatic N) is 8. The van der Waals surface area contributed by atoms with Gasteiger partial charge in [-0.15, -0.1) is 6.42 Å². The van der Waals surface area contributed by atoms with Crippen LogP contribution in [0.25, 0.3) is 32.9 Å². The summed E-state index contributed by atoms with van der Waals surface area (Å²) in [6.45, 7) is 10.8. The number of piperidine rings is 2. The lowest BCUT2D eigenvalue weighted by Gasteiger charge is -2.40. The molecule has 0 spiro atoms. The number of aromatic nitrogens is 3. The molecule has 1 unspecified atom stereocenters. The molecule has 6 aliphatic rings. The molecule has 69 heavy (non-hydrogen) atoms. The quantitative estimate of drug-likeness (QED) is 0.127. The molecule has 1 aliphatic carbocycles. The van der Waals surface area contributed by atoms with E-state index in [-0.39, 0.29) is 63.1 Å². The molecule has 2 N–H and O–H groups in total. The number of aromatic hydroxyl groups is 1. The number of imide groups is 1. The zero-order chi connectivity index (χ0) is 47.4. The summed E-state index contributed by atoms with van der Waals surface area (Å²) in [6, 6.07) is 11.0. The van der Waals surface area contributed by atoms with Crippen LogP contribution in [0.5, 0.6) is 11.8 Å². The first-order chi connectivity index (χ1) is 33.5. The first kappa shape index (κ1) is 45.0. The fraction of sp³-hybridized carbons (Fsp3) is 0.462. The third kappa shape index (κ3) is 8.90. The number of ether oxygens (including phenoxy) is 2. The van der Waals surface area contributed by atoms with E-state index >= 15 is 8.78 Å². The van der Waals surface area contributed by atoms with Gasteiger partial charge in [0.05, 0.1) is 24.2 Å². The zero-order valence-electron chi connectivity index (χ0n) is 38.5. The van der Waals surface area contributed by atoms with Crippen LogP contribution in [0.4, 0.5) is 20.3 Å². The molecular formula is C52H55F2N9O6. The van der Waals surface area contributed by atoms with E-state index in [9.17, 15) is 19.5 Å². The average Bonchev–Trinajstić information content (AvgIpc) is 4.11. The van der Waals surface area contributed by atoms with E-state index in [1.54, 1.807) is 4.90 Å². The normalized spacial score (nSPS) is 21.4. The van der Waals surface area contributed by atoms with E-state index in [0.717, 1.165) is 95.7 Å². The monoisotopic (exact) mass is 939 g/mol. The highest BCUT2D eigenvalue weighted by atomic mass is 19.1. The number of halogens is 2. The van der Waals surface area contributed by atoms with Gasteiger partial charge in [0, 0.05) is 119 Å². The largest absolute Gasteiger partial charge is 0.508 e. The number of phenols is 1. The van der Waals surface area contributed by atoms with Crippen molar-refractivity contribution in [3.63, 3.8) is 0 Å². The lowest BCUT2D eigenvalue weighted by Crippen LogP contribution is -2.52. The van der Waals surface area contributed by atoms with Gasteiger partial charge in [0.2, 0.25) is 11.8 Å². The summed E-state index contributed by atoms with van der Waals surface area (Å²) in [7, 11) is 0. The van der Waals surface area contributed by atoms with Gasteiger partial charge in [-0.3, -0.25) is 24.7 Å². The summed E-state index contributed by atoms with van der Waals surface area (Å²) in [5, 5.41) is 14.2. The number of fused-ring (bicyclic) bond motifs is 3. The standard InChI is InChI=1S/C52H55F2N9O6/c1-2-37-41(53)7-4-33-25-36(64)26-39(44(33)37)46-45(54)47-40(27-55-46)48(62-14-3-22-68-23-21-62)58-51(57-47)69-31-52(12-13-52)30-60-19-17-59(18-20-60)28-32-10-15-61(16-11-32)35-5-6-38-34(24-35)29-63(50(38)67)42-8-9-43(65)56-49(42)66/h1,4-7,24-27,32,42,64H,3,8-23,28-31H2,(H,56,65,66). The highest BCUT2D eigenvalue weighted by Gasteiger charge is 2.46. The van der Waals surface area contributed by atoms with Crippen LogP contribution >= 0.6 is 0 Å². The minimum atomic E-state index is -0.754. The molecule has 7 heterocycles. The number of terminal acetylenes is 1. The van der Waals surface area contributed by atoms with E-state index in [0.29, 0.717) is 73.9 Å². The summed E-state index contributed by atoms with van der Waals surface area (Å²) in [6.07, 6.45) is 12.8. The molecule has 3 aromatic carbocycles. The van der Waals surface area contributed by atoms with Crippen LogP contribution in [0.15, 0.2) is 48.7 Å². The Morgan fingerprint density at radius 3 is 2.49 bits per heavy atom. The van der Waals surface area contributed by atoms with Gasteiger partial charge < -0.3 is 39.1 Å². The van der Waals surface area contributed by atoms with E-state index in [1.807, 2.05) is 12.1 Å². The lowest BCUT2D eigenvalue weighted by molar-refractivity contribution is -0.136. The molecule has 4 saturated heterocycles. The number of nitrogens with one attached hydrogen (secondary N) is 1. The third-order valence-corrected chi connectivity index (χ3v) is 15.1. The highest BCUT2D eigenvalue weighted by molar-refractivity contribution is 6.06. The number of anilines is 2. The van der Waals surface area contributed by atoms with Gasteiger partial charge in [0.15, 0.2) is 5.82 Å². The maximum absolute atomic E-state index is 17.0. The summed E-state index contributed by atoms with van der Waals surface area (Å²) < 4.78 is 44.2. The third-order valence-electron chi connectivity index (χ3n) is 15.1. The number of carbonyl (C=O) groups excluding carboxylic acids is 3. The molecule has 5 aliphatic heterocycles. The molecule has 0 radical (unpaired) electrons. The number of rotatable bonds is 11. The molecule has 0 bridgehead atoms. The van der Waals surface area contributed by atoms with Gasteiger partial charge >= 0.3 is 6.01 Å². The smallest absolute Gasteiger partial charge is 0.319 e. The van der Waals surface area contributed by atoms with Crippen molar-refractivity contribution in [1.29, 1.82) is 0 Å². The zero-order valence-corrected chi connectivity index (χ0v) is 38.5. The van der Waals surface area contributed by atoms with E-state index in [4.69, 9.17) is 20.9 Å². The molecule has 2 aromatic heterocycles. The Kier molecular flexibility index (Phi) is 12.0. The average molecular weight is 940 g/mol. The van der Waals surface area contributed by atoms with Gasteiger partial charge in [-0.2, -0.15) is 9.97 Å². The van der Waals surface area contributed by atoms with Crippen molar-refractivity contribution >= 4 is 50.9 Å². The maximum atomic E-state index is 17.0. The van der Waals surface area contributed by atoms with Crippen molar-refractivity contribution in [2.24, 2.45) is 11.3 Å². The Balaban J connectivity index is 0.717. The van der Waals surface area contributed by atoms with Gasteiger partial charge in [-0.05, 0) is 91.8 Å². The van der Waals surface area contributed by atoms with E-state index in [2.05, 4.69) is 46.9 Å². The molecule has 15 nitrogen and oxygen atoms in total. The minimum absolute atomic E-state index is 0.00738. The number of phenolic OH excluding ortho intramolecular Hbond substituents is 1. The van der Waals surface area contributed by atoms with Crippen molar-refractivity contribution in [3.05, 3.63) is 77.0 Å². The number of pyridine rings is 1. The predicted molar refractivity (Wildman–Crippen MR) is 255 cm³/mol. The molecule has 3 amide bonds. The maximum Gasteiger partial charge on any atom is 0.319 e. The van der Waals surface area contributed by atoms with Gasteiger partial charge in [0.25, 0.3) is 5.91 Å². The van der Waals surface area contributed by atoms with Crippen LogP contribution < -0.4 is 19.9 Å². The number of carbonyl (C=O) groups is 3. The minimum Gasteiger partial charge on any atom is -0.508 e.